The van der Waals surface area contributed by atoms with Gasteiger partial charge in [0.15, 0.2) is 12.3 Å². The Kier molecular flexibility index (Phi) is 6.50. The molecule has 1 aliphatic heterocycles. The van der Waals surface area contributed by atoms with E-state index in [-0.39, 0.29) is 12.3 Å². The Morgan fingerprint density at radius 3 is 2.71 bits per heavy atom. The minimum atomic E-state index is 0.0738. The van der Waals surface area contributed by atoms with E-state index >= 15 is 0 Å². The molecule has 0 aliphatic carbocycles. The summed E-state index contributed by atoms with van der Waals surface area (Å²) in [7, 11) is 3.30. The Hall–Kier alpha value is -3.35. The molecule has 2 heterocycles. The molecule has 3 aromatic rings. The van der Waals surface area contributed by atoms with Crippen LogP contribution in [0.2, 0.25) is 0 Å². The van der Waals surface area contributed by atoms with Crippen molar-refractivity contribution in [1.82, 2.24) is 9.78 Å². The van der Waals surface area contributed by atoms with Gasteiger partial charge in [0.25, 0.3) is 5.82 Å². The molecular formula is C24H29N4O3+. The van der Waals surface area contributed by atoms with Crippen LogP contribution in [0, 0.1) is 0 Å². The van der Waals surface area contributed by atoms with Gasteiger partial charge < -0.3 is 14.8 Å². The van der Waals surface area contributed by atoms with Crippen LogP contribution in [0.25, 0.3) is 0 Å². The lowest BCUT2D eigenvalue weighted by molar-refractivity contribution is -0.710. The second-order valence-electron chi connectivity index (χ2n) is 7.66. The zero-order chi connectivity index (χ0) is 21.6. The number of benzene rings is 2. The number of aromatic nitrogens is 3. The van der Waals surface area contributed by atoms with Crippen molar-refractivity contribution in [2.75, 3.05) is 19.5 Å². The normalized spacial score (nSPS) is 13.2. The highest BCUT2D eigenvalue weighted by molar-refractivity contribution is 5.95. The number of carbonyl (C=O) groups excluding carboxylic acids is 1. The second-order valence-corrected chi connectivity index (χ2v) is 7.66. The molecule has 7 nitrogen and oxygen atoms in total. The molecule has 1 aliphatic rings. The molecule has 1 N–H and O–H groups in total. The summed E-state index contributed by atoms with van der Waals surface area (Å²) >= 11 is 0. The second kappa shape index (κ2) is 9.64. The first-order valence-corrected chi connectivity index (χ1v) is 10.7. The summed E-state index contributed by atoms with van der Waals surface area (Å²) in [5, 5.41) is 8.27. The molecular weight excluding hydrogens is 392 g/mol. The van der Waals surface area contributed by atoms with Crippen LogP contribution in [0.3, 0.4) is 0 Å². The van der Waals surface area contributed by atoms with Gasteiger partial charge in [0, 0.05) is 23.1 Å². The van der Waals surface area contributed by atoms with Gasteiger partial charge in [0.1, 0.15) is 18.0 Å². The van der Waals surface area contributed by atoms with Crippen molar-refractivity contribution in [2.45, 2.75) is 45.3 Å². The predicted octanol–water partition coefficient (Wildman–Crippen LogP) is 3.41. The molecule has 162 valence electrons. The van der Waals surface area contributed by atoms with Crippen molar-refractivity contribution in [3.05, 3.63) is 65.7 Å². The van der Waals surface area contributed by atoms with Crippen LogP contribution in [-0.2, 0) is 26.1 Å². The van der Waals surface area contributed by atoms with E-state index in [1.807, 2.05) is 53.2 Å². The largest absolute Gasteiger partial charge is 0.497 e. The number of ketones is 1. The van der Waals surface area contributed by atoms with Crippen molar-refractivity contribution in [2.24, 2.45) is 0 Å². The summed E-state index contributed by atoms with van der Waals surface area (Å²) in [5.41, 5.74) is 1.56. The Morgan fingerprint density at radius 2 is 1.94 bits per heavy atom. The van der Waals surface area contributed by atoms with Crippen LogP contribution in [0.5, 0.6) is 11.5 Å². The van der Waals surface area contributed by atoms with E-state index in [1.54, 1.807) is 14.2 Å². The maximum Gasteiger partial charge on any atom is 0.296 e. The number of fused-ring (bicyclic) bond motifs is 1. The lowest BCUT2D eigenvalue weighted by Gasteiger charge is -2.11. The van der Waals surface area contributed by atoms with Gasteiger partial charge in [-0.15, -0.1) is 4.68 Å². The van der Waals surface area contributed by atoms with Gasteiger partial charge in [-0.25, -0.2) is 4.57 Å². The number of hydrogen-bond acceptors (Lipinski definition) is 5. The fourth-order valence-electron chi connectivity index (χ4n) is 4.03. The van der Waals surface area contributed by atoms with E-state index in [2.05, 4.69) is 9.88 Å². The molecule has 0 unspecified atom stereocenters. The monoisotopic (exact) mass is 421 g/mol. The minimum absolute atomic E-state index is 0.0738. The first-order valence-electron chi connectivity index (χ1n) is 10.7. The predicted molar refractivity (Wildman–Crippen MR) is 118 cm³/mol. The number of rotatable bonds is 8. The van der Waals surface area contributed by atoms with Gasteiger partial charge >= 0.3 is 0 Å². The lowest BCUT2D eigenvalue weighted by atomic mass is 10.1. The molecule has 1 aromatic heterocycles. The Balaban J connectivity index is 1.59. The molecule has 0 fully saturated rings. The van der Waals surface area contributed by atoms with Crippen molar-refractivity contribution in [3.63, 3.8) is 0 Å². The summed E-state index contributed by atoms with van der Waals surface area (Å²) in [4.78, 5) is 12.8. The molecule has 0 saturated heterocycles. The molecule has 7 heteroatoms. The Bertz CT molecular complexity index is 1050. The first kappa shape index (κ1) is 20.9. The highest BCUT2D eigenvalue weighted by atomic mass is 16.5. The zero-order valence-electron chi connectivity index (χ0n) is 18.1. The van der Waals surface area contributed by atoms with E-state index in [0.717, 1.165) is 54.6 Å². The molecule has 4 rings (SSSR count). The molecule has 31 heavy (non-hydrogen) atoms. The highest BCUT2D eigenvalue weighted by Crippen LogP contribution is 2.29. The van der Waals surface area contributed by atoms with Crippen LogP contribution in [-0.4, -0.2) is 29.8 Å². The number of carbonyl (C=O) groups is 1. The molecule has 0 bridgehead atoms. The molecule has 0 amide bonds. The van der Waals surface area contributed by atoms with Crippen molar-refractivity contribution in [1.29, 1.82) is 0 Å². The number of Topliss-reactive ketones (excluding diaryl/α,β-unsaturated/α-hetero) is 1. The fourth-order valence-corrected chi connectivity index (χ4v) is 4.03. The van der Waals surface area contributed by atoms with Crippen molar-refractivity contribution >= 4 is 11.5 Å². The van der Waals surface area contributed by atoms with Gasteiger partial charge in [0.2, 0.25) is 5.82 Å². The van der Waals surface area contributed by atoms with Crippen LogP contribution < -0.4 is 19.4 Å². The number of ether oxygens (including phenoxy) is 2. The van der Waals surface area contributed by atoms with Crippen LogP contribution in [0.1, 0.15) is 41.3 Å². The van der Waals surface area contributed by atoms with E-state index < -0.39 is 0 Å². The van der Waals surface area contributed by atoms with Gasteiger partial charge in [0.05, 0.1) is 26.5 Å². The highest BCUT2D eigenvalue weighted by Gasteiger charge is 2.28. The maximum atomic E-state index is 12.8. The van der Waals surface area contributed by atoms with Crippen LogP contribution >= 0.6 is 0 Å². The Morgan fingerprint density at radius 1 is 1.10 bits per heavy atom. The average molecular weight is 422 g/mol. The van der Waals surface area contributed by atoms with Crippen LogP contribution in [0.4, 0.5) is 5.69 Å². The summed E-state index contributed by atoms with van der Waals surface area (Å²) in [6.45, 7) is 1.70. The zero-order valence-corrected chi connectivity index (χ0v) is 18.1. The quantitative estimate of drug-likeness (QED) is 0.446. The number of hydrogen-bond donors (Lipinski definition) is 1. The topological polar surface area (TPSA) is 69.3 Å². The van der Waals surface area contributed by atoms with Crippen LogP contribution in [0.15, 0.2) is 48.5 Å². The van der Waals surface area contributed by atoms with Gasteiger partial charge in [-0.2, -0.15) is 0 Å². The average Bonchev–Trinajstić information content (AvgIpc) is 2.97. The maximum absolute atomic E-state index is 12.8. The van der Waals surface area contributed by atoms with E-state index in [4.69, 9.17) is 14.6 Å². The summed E-state index contributed by atoms with van der Waals surface area (Å²) < 4.78 is 15.0. The number of methoxy groups -OCH3 is 2. The van der Waals surface area contributed by atoms with Gasteiger partial charge in [-0.3, -0.25) is 4.79 Å². The van der Waals surface area contributed by atoms with E-state index in [9.17, 15) is 4.79 Å². The lowest BCUT2D eigenvalue weighted by Crippen LogP contribution is -2.41. The van der Waals surface area contributed by atoms with E-state index in [0.29, 0.717) is 12.1 Å². The molecule has 0 spiro atoms. The third-order valence-corrected chi connectivity index (χ3v) is 5.67. The molecule has 0 atom stereocenters. The number of anilines is 1. The molecule has 0 saturated carbocycles. The summed E-state index contributed by atoms with van der Waals surface area (Å²) in [5.74, 6) is 3.62. The summed E-state index contributed by atoms with van der Waals surface area (Å²) in [6, 6.07) is 15.1. The fraction of sp³-hybridized carbons (Fsp3) is 0.375. The van der Waals surface area contributed by atoms with Gasteiger partial charge in [-0.05, 0) is 31.4 Å². The first-order chi connectivity index (χ1) is 15.2. The third-order valence-electron chi connectivity index (χ3n) is 5.67. The third kappa shape index (κ3) is 4.71. The number of nitrogens with one attached hydrogen (secondary N) is 1. The van der Waals surface area contributed by atoms with Crippen molar-refractivity contribution in [3.8, 4) is 11.5 Å². The SMILES string of the molecule is COc1ccc(OC)c(NCc2nn(CC(=O)c3ccccc3)c3[n+]2CCCCC3)c1. The standard InChI is InChI=1S/C24H29N4O3/c1-30-19-12-13-22(31-2)20(15-19)25-16-23-26-28(24-11-7-4-8-14-27(23)24)17-21(29)18-9-5-3-6-10-18/h3,5-6,9-10,12-13,15,25H,4,7-8,11,14,16-17H2,1-2H3/q+1. The minimum Gasteiger partial charge on any atom is -0.497 e. The van der Waals surface area contributed by atoms with Gasteiger partial charge in [-0.1, -0.05) is 30.3 Å². The Labute approximate surface area is 182 Å². The van der Waals surface area contributed by atoms with E-state index in [1.165, 1.54) is 6.42 Å². The smallest absolute Gasteiger partial charge is 0.296 e. The number of nitrogens with zero attached hydrogens (tertiary/aromatic N) is 3. The summed E-state index contributed by atoms with van der Waals surface area (Å²) in [6.07, 6.45) is 4.34. The molecule has 0 radical (unpaired) electrons. The molecule has 2 aromatic carbocycles. The van der Waals surface area contributed by atoms with Crippen molar-refractivity contribution < 1.29 is 18.8 Å².